The molecule has 0 bridgehead atoms. The average Bonchev–Trinajstić information content (AvgIpc) is 2.85. The number of hydrazine groups is 1. The normalized spacial score (nSPS) is 15.7. The Hall–Kier alpha value is -1.96. The third kappa shape index (κ3) is 4.56. The zero-order valence-electron chi connectivity index (χ0n) is 12.9. The molecule has 126 valence electrons. The molecule has 1 aliphatic heterocycles. The molecule has 0 radical (unpaired) electrons. The quantitative estimate of drug-likeness (QED) is 0.587. The number of nitrogens with zero attached hydrogens (tertiary/aromatic N) is 1. The van der Waals surface area contributed by atoms with Crippen LogP contribution in [0.5, 0.6) is 0 Å². The van der Waals surface area contributed by atoms with Crippen molar-refractivity contribution < 1.29 is 9.59 Å². The molecule has 25 heavy (non-hydrogen) atoms. The highest BCUT2D eigenvalue weighted by atomic mass is 79.9. The zero-order valence-corrected chi connectivity index (χ0v) is 16.2. The SMILES string of the molecule is O=C(Cc1ccccc1)NN1C(=O)C(=Cc2ccc(Br)cc2)SC1=S. The van der Waals surface area contributed by atoms with E-state index in [-0.39, 0.29) is 18.2 Å². The molecule has 0 unspecified atom stereocenters. The largest absolute Gasteiger partial charge is 0.285 e. The standard InChI is InChI=1S/C18H13BrN2O2S2/c19-14-8-6-13(7-9-14)10-15-17(23)21(18(24)25-15)20-16(22)11-12-4-2-1-3-5-12/h1-10H,11H2,(H,20,22). The van der Waals surface area contributed by atoms with Gasteiger partial charge in [-0.05, 0) is 41.6 Å². The topological polar surface area (TPSA) is 49.4 Å². The number of hydrogen-bond donors (Lipinski definition) is 1. The predicted octanol–water partition coefficient (Wildman–Crippen LogP) is 3.92. The molecule has 7 heteroatoms. The van der Waals surface area contributed by atoms with E-state index in [0.717, 1.165) is 20.6 Å². The van der Waals surface area contributed by atoms with Crippen LogP contribution >= 0.6 is 39.9 Å². The average molecular weight is 433 g/mol. The number of nitrogens with one attached hydrogen (secondary N) is 1. The Bertz CT molecular complexity index is 851. The molecule has 1 aliphatic rings. The molecular formula is C18H13BrN2O2S2. The van der Waals surface area contributed by atoms with Gasteiger partial charge in [0.15, 0.2) is 4.32 Å². The molecule has 1 saturated heterocycles. The summed E-state index contributed by atoms with van der Waals surface area (Å²) in [6, 6.07) is 16.9. The predicted molar refractivity (Wildman–Crippen MR) is 107 cm³/mol. The monoisotopic (exact) mass is 432 g/mol. The Balaban J connectivity index is 1.69. The lowest BCUT2D eigenvalue weighted by atomic mass is 10.1. The number of benzene rings is 2. The summed E-state index contributed by atoms with van der Waals surface area (Å²) >= 11 is 9.77. The van der Waals surface area contributed by atoms with E-state index in [2.05, 4.69) is 21.4 Å². The zero-order chi connectivity index (χ0) is 17.8. The molecule has 0 atom stereocenters. The van der Waals surface area contributed by atoms with E-state index in [1.165, 1.54) is 11.8 Å². The maximum Gasteiger partial charge on any atom is 0.285 e. The van der Waals surface area contributed by atoms with Gasteiger partial charge in [-0.3, -0.25) is 15.0 Å². The van der Waals surface area contributed by atoms with Crippen molar-refractivity contribution in [1.82, 2.24) is 10.4 Å². The highest BCUT2D eigenvalue weighted by Gasteiger charge is 2.33. The number of thiocarbonyl (C=S) groups is 1. The van der Waals surface area contributed by atoms with Crippen LogP contribution in [0.4, 0.5) is 0 Å². The Labute approximate surface area is 163 Å². The fourth-order valence-electron chi connectivity index (χ4n) is 2.22. The highest BCUT2D eigenvalue weighted by molar-refractivity contribution is 9.10. The summed E-state index contributed by atoms with van der Waals surface area (Å²) < 4.78 is 1.28. The van der Waals surface area contributed by atoms with Gasteiger partial charge in [0.1, 0.15) is 0 Å². The lowest BCUT2D eigenvalue weighted by Crippen LogP contribution is -2.45. The summed E-state index contributed by atoms with van der Waals surface area (Å²) in [5.74, 6) is -0.605. The first-order valence-corrected chi connectivity index (χ1v) is 9.41. The lowest BCUT2D eigenvalue weighted by molar-refractivity contribution is -0.132. The Morgan fingerprint density at radius 2 is 1.84 bits per heavy atom. The lowest BCUT2D eigenvalue weighted by Gasteiger charge is -2.15. The van der Waals surface area contributed by atoms with Gasteiger partial charge in [-0.2, -0.15) is 5.01 Å². The first-order valence-electron chi connectivity index (χ1n) is 7.40. The molecule has 0 aromatic heterocycles. The summed E-state index contributed by atoms with van der Waals surface area (Å²) in [6.07, 6.45) is 1.94. The summed E-state index contributed by atoms with van der Waals surface area (Å²) in [5, 5.41) is 1.13. The van der Waals surface area contributed by atoms with Crippen molar-refractivity contribution in [2.75, 3.05) is 0 Å². The number of halogens is 1. The Morgan fingerprint density at radius 3 is 2.52 bits per heavy atom. The van der Waals surface area contributed by atoms with Gasteiger partial charge >= 0.3 is 0 Å². The first kappa shape index (κ1) is 17.8. The third-order valence-electron chi connectivity index (χ3n) is 3.41. The Kier molecular flexibility index (Phi) is 5.67. The van der Waals surface area contributed by atoms with Crippen LogP contribution in [-0.2, 0) is 16.0 Å². The minimum atomic E-state index is -0.320. The van der Waals surface area contributed by atoms with E-state index in [1.54, 1.807) is 6.08 Å². The van der Waals surface area contributed by atoms with Crippen molar-refractivity contribution in [2.45, 2.75) is 6.42 Å². The minimum Gasteiger partial charge on any atom is -0.273 e. The molecule has 0 saturated carbocycles. The smallest absolute Gasteiger partial charge is 0.273 e. The molecule has 1 fully saturated rings. The van der Waals surface area contributed by atoms with Crippen molar-refractivity contribution in [2.24, 2.45) is 0 Å². The van der Waals surface area contributed by atoms with E-state index in [4.69, 9.17) is 12.2 Å². The van der Waals surface area contributed by atoms with Crippen LogP contribution in [0, 0.1) is 0 Å². The first-order chi connectivity index (χ1) is 12.0. The minimum absolute atomic E-state index is 0.184. The molecule has 0 aliphatic carbocycles. The van der Waals surface area contributed by atoms with Gasteiger partial charge in [-0.15, -0.1) is 0 Å². The van der Waals surface area contributed by atoms with Crippen LogP contribution in [0.25, 0.3) is 6.08 Å². The van der Waals surface area contributed by atoms with Crippen LogP contribution in [0.15, 0.2) is 64.0 Å². The second-order valence-corrected chi connectivity index (χ2v) is 7.86. The van der Waals surface area contributed by atoms with Crippen molar-refractivity contribution in [3.05, 3.63) is 75.1 Å². The van der Waals surface area contributed by atoms with Gasteiger partial charge in [0.25, 0.3) is 5.91 Å². The second kappa shape index (κ2) is 7.95. The van der Waals surface area contributed by atoms with Crippen molar-refractivity contribution in [3.8, 4) is 0 Å². The number of hydrogen-bond acceptors (Lipinski definition) is 4. The summed E-state index contributed by atoms with van der Waals surface area (Å²) in [5.41, 5.74) is 4.35. The van der Waals surface area contributed by atoms with Gasteiger partial charge in [0.2, 0.25) is 5.91 Å². The molecule has 2 amide bonds. The summed E-state index contributed by atoms with van der Waals surface area (Å²) in [6.45, 7) is 0. The molecular weight excluding hydrogens is 420 g/mol. The van der Waals surface area contributed by atoms with Gasteiger partial charge in [-0.25, -0.2) is 0 Å². The van der Waals surface area contributed by atoms with Crippen LogP contribution in [0.1, 0.15) is 11.1 Å². The van der Waals surface area contributed by atoms with Crippen LogP contribution in [0.2, 0.25) is 0 Å². The highest BCUT2D eigenvalue weighted by Crippen LogP contribution is 2.31. The van der Waals surface area contributed by atoms with Gasteiger partial charge < -0.3 is 0 Å². The molecule has 1 N–H and O–H groups in total. The van der Waals surface area contributed by atoms with Gasteiger partial charge in [0.05, 0.1) is 11.3 Å². The summed E-state index contributed by atoms with van der Waals surface area (Å²) in [4.78, 5) is 25.1. The van der Waals surface area contributed by atoms with Crippen LogP contribution < -0.4 is 5.43 Å². The number of carbonyl (C=O) groups is 2. The number of thioether (sulfide) groups is 1. The number of carbonyl (C=O) groups excluding carboxylic acids is 2. The second-order valence-electron chi connectivity index (χ2n) is 5.27. The van der Waals surface area contributed by atoms with E-state index >= 15 is 0 Å². The van der Waals surface area contributed by atoms with E-state index < -0.39 is 0 Å². The van der Waals surface area contributed by atoms with Crippen LogP contribution in [-0.4, -0.2) is 21.1 Å². The molecule has 1 heterocycles. The van der Waals surface area contributed by atoms with Crippen molar-refractivity contribution in [1.29, 1.82) is 0 Å². The molecule has 2 aromatic rings. The maximum atomic E-state index is 12.5. The van der Waals surface area contributed by atoms with E-state index in [1.807, 2.05) is 54.6 Å². The fourth-order valence-corrected chi connectivity index (χ4v) is 3.66. The molecule has 0 spiro atoms. The van der Waals surface area contributed by atoms with E-state index in [0.29, 0.717) is 9.23 Å². The number of rotatable bonds is 4. The third-order valence-corrected chi connectivity index (χ3v) is 5.24. The van der Waals surface area contributed by atoms with Crippen molar-refractivity contribution >= 4 is 62.1 Å². The summed E-state index contributed by atoms with van der Waals surface area (Å²) in [7, 11) is 0. The van der Waals surface area contributed by atoms with Crippen molar-refractivity contribution in [3.63, 3.8) is 0 Å². The van der Waals surface area contributed by atoms with E-state index in [9.17, 15) is 9.59 Å². The Morgan fingerprint density at radius 1 is 1.16 bits per heavy atom. The number of amides is 2. The fraction of sp³-hybridized carbons (Fsp3) is 0.0556. The maximum absolute atomic E-state index is 12.5. The van der Waals surface area contributed by atoms with Crippen LogP contribution in [0.3, 0.4) is 0 Å². The molecule has 3 rings (SSSR count). The molecule has 4 nitrogen and oxygen atoms in total. The molecule has 2 aromatic carbocycles. The van der Waals surface area contributed by atoms with Gasteiger partial charge in [-0.1, -0.05) is 70.2 Å². The van der Waals surface area contributed by atoms with Gasteiger partial charge in [0, 0.05) is 4.47 Å².